The third-order valence-electron chi connectivity index (χ3n) is 1.88. The van der Waals surface area contributed by atoms with E-state index in [4.69, 9.17) is 5.11 Å². The average Bonchev–Trinajstić information content (AvgIpc) is 2.49. The van der Waals surface area contributed by atoms with Gasteiger partial charge in [0.25, 0.3) is 0 Å². The summed E-state index contributed by atoms with van der Waals surface area (Å²) in [6, 6.07) is -0.542. The van der Waals surface area contributed by atoms with E-state index < -0.39 is 12.0 Å². The molecular formula is C6H8N4O2. The van der Waals surface area contributed by atoms with Crippen LogP contribution < -0.4 is 5.32 Å². The van der Waals surface area contributed by atoms with Crippen LogP contribution in [0, 0.1) is 0 Å². The summed E-state index contributed by atoms with van der Waals surface area (Å²) in [5, 5.41) is 19.0. The third-order valence-corrected chi connectivity index (χ3v) is 1.88. The highest BCUT2D eigenvalue weighted by molar-refractivity contribution is 5.73. The van der Waals surface area contributed by atoms with Crippen molar-refractivity contribution in [2.45, 2.75) is 19.1 Å². The van der Waals surface area contributed by atoms with Crippen LogP contribution in [0.5, 0.6) is 0 Å². The first-order chi connectivity index (χ1) is 5.77. The Morgan fingerprint density at radius 3 is 3.42 bits per heavy atom. The Kier molecular flexibility index (Phi) is 1.54. The molecule has 1 aromatic rings. The number of aliphatic carboxylic acids is 1. The molecule has 0 saturated carbocycles. The van der Waals surface area contributed by atoms with Gasteiger partial charge in [-0.2, -0.15) is 0 Å². The molecule has 1 unspecified atom stereocenters. The zero-order valence-corrected chi connectivity index (χ0v) is 6.27. The molecule has 6 nitrogen and oxygen atoms in total. The molecular weight excluding hydrogens is 160 g/mol. The van der Waals surface area contributed by atoms with Crippen molar-refractivity contribution < 1.29 is 9.90 Å². The van der Waals surface area contributed by atoms with E-state index in [0.717, 1.165) is 5.69 Å². The van der Waals surface area contributed by atoms with Crippen LogP contribution in [-0.4, -0.2) is 32.1 Å². The van der Waals surface area contributed by atoms with Crippen LogP contribution >= 0.6 is 0 Å². The Labute approximate surface area is 68.2 Å². The van der Waals surface area contributed by atoms with Gasteiger partial charge in [-0.25, -0.2) is 4.68 Å². The largest absolute Gasteiger partial charge is 0.480 e. The van der Waals surface area contributed by atoms with Crippen molar-refractivity contribution in [3.63, 3.8) is 0 Å². The molecule has 2 N–H and O–H groups in total. The Morgan fingerprint density at radius 1 is 1.83 bits per heavy atom. The van der Waals surface area contributed by atoms with Crippen molar-refractivity contribution in [3.05, 3.63) is 11.9 Å². The van der Waals surface area contributed by atoms with E-state index in [2.05, 4.69) is 15.6 Å². The Bertz CT molecular complexity index is 308. The fourth-order valence-electron chi connectivity index (χ4n) is 1.20. The maximum absolute atomic E-state index is 10.6. The zero-order valence-electron chi connectivity index (χ0n) is 6.27. The molecule has 0 radical (unpaired) electrons. The molecule has 1 atom stereocenters. The number of carboxylic acid groups (broad SMARTS) is 1. The predicted molar refractivity (Wildman–Crippen MR) is 38.3 cm³/mol. The minimum absolute atomic E-state index is 0.352. The van der Waals surface area contributed by atoms with Crippen molar-refractivity contribution >= 4 is 5.97 Å². The first-order valence-electron chi connectivity index (χ1n) is 3.61. The van der Waals surface area contributed by atoms with Gasteiger partial charge in [0.1, 0.15) is 6.04 Å². The van der Waals surface area contributed by atoms with Crippen LogP contribution in [0.4, 0.5) is 0 Å². The number of hydrogen-bond donors (Lipinski definition) is 2. The van der Waals surface area contributed by atoms with Gasteiger partial charge in [0.05, 0.1) is 18.4 Å². The number of hydrogen-bond acceptors (Lipinski definition) is 4. The number of aromatic nitrogens is 3. The second-order valence-corrected chi connectivity index (χ2v) is 2.68. The van der Waals surface area contributed by atoms with Gasteiger partial charge in [-0.15, -0.1) is 5.10 Å². The van der Waals surface area contributed by atoms with Gasteiger partial charge >= 0.3 is 5.97 Å². The van der Waals surface area contributed by atoms with E-state index in [1.807, 2.05) is 0 Å². The van der Waals surface area contributed by atoms with Gasteiger partial charge in [0.15, 0.2) is 0 Å². The molecule has 1 aliphatic heterocycles. The monoisotopic (exact) mass is 168 g/mol. The van der Waals surface area contributed by atoms with Crippen molar-refractivity contribution in [3.8, 4) is 0 Å². The number of rotatable bonds is 1. The van der Waals surface area contributed by atoms with Crippen LogP contribution in [0.3, 0.4) is 0 Å². The van der Waals surface area contributed by atoms with Gasteiger partial charge in [-0.3, -0.25) is 10.1 Å². The van der Waals surface area contributed by atoms with Gasteiger partial charge in [-0.05, 0) is 0 Å². The average molecular weight is 168 g/mol. The van der Waals surface area contributed by atoms with Crippen LogP contribution in [-0.2, 0) is 17.9 Å². The fraction of sp³-hybridized carbons (Fsp3) is 0.500. The molecule has 6 heteroatoms. The van der Waals surface area contributed by atoms with Crippen LogP contribution in [0.25, 0.3) is 0 Å². The molecule has 0 aromatic carbocycles. The Morgan fingerprint density at radius 2 is 2.67 bits per heavy atom. The lowest BCUT2D eigenvalue weighted by Gasteiger charge is -2.20. The second-order valence-electron chi connectivity index (χ2n) is 2.68. The first-order valence-corrected chi connectivity index (χ1v) is 3.61. The van der Waals surface area contributed by atoms with Crippen LogP contribution in [0.2, 0.25) is 0 Å². The highest BCUT2D eigenvalue weighted by Crippen LogP contribution is 2.04. The van der Waals surface area contributed by atoms with Gasteiger partial charge in [0, 0.05) is 6.54 Å². The third kappa shape index (κ3) is 1.06. The molecule has 2 heterocycles. The Hall–Kier alpha value is -1.43. The molecule has 1 aromatic heterocycles. The summed E-state index contributed by atoms with van der Waals surface area (Å²) in [7, 11) is 0. The summed E-state index contributed by atoms with van der Waals surface area (Å²) in [6.45, 7) is 0.870. The summed E-state index contributed by atoms with van der Waals surface area (Å²) >= 11 is 0. The lowest BCUT2D eigenvalue weighted by atomic mass is 10.2. The van der Waals surface area contributed by atoms with Gasteiger partial charge in [-0.1, -0.05) is 5.21 Å². The molecule has 0 amide bonds. The molecule has 0 bridgehead atoms. The molecule has 0 saturated heterocycles. The number of nitrogens with zero attached hydrogens (tertiary/aromatic N) is 3. The summed E-state index contributed by atoms with van der Waals surface area (Å²) in [4.78, 5) is 10.6. The highest BCUT2D eigenvalue weighted by Gasteiger charge is 2.23. The van der Waals surface area contributed by atoms with E-state index in [0.29, 0.717) is 13.1 Å². The smallest absolute Gasteiger partial charge is 0.322 e. The van der Waals surface area contributed by atoms with E-state index in [9.17, 15) is 4.79 Å². The van der Waals surface area contributed by atoms with Crippen LogP contribution in [0.15, 0.2) is 6.20 Å². The number of carboxylic acids is 1. The first kappa shape index (κ1) is 7.23. The maximum atomic E-state index is 10.6. The summed E-state index contributed by atoms with van der Waals surface area (Å²) in [5.41, 5.74) is 0.924. The quantitative estimate of drug-likeness (QED) is 0.552. The van der Waals surface area contributed by atoms with E-state index in [1.165, 1.54) is 0 Å². The van der Waals surface area contributed by atoms with Crippen molar-refractivity contribution in [2.75, 3.05) is 0 Å². The predicted octanol–water partition coefficient (Wildman–Crippen LogP) is -1.17. The number of fused-ring (bicyclic) bond motifs is 1. The molecule has 64 valence electrons. The van der Waals surface area contributed by atoms with E-state index in [-0.39, 0.29) is 0 Å². The molecule has 1 aliphatic rings. The fourth-order valence-corrected chi connectivity index (χ4v) is 1.20. The standard InChI is InChI=1S/C6H8N4O2/c11-6(12)5-3-10-4(1-7-5)2-8-9-10/h2,5,7H,1,3H2,(H,11,12). The summed E-state index contributed by atoms with van der Waals surface area (Å²) in [5.74, 6) is -0.851. The SMILES string of the molecule is O=C(O)C1Cn2nncc2CN1. The second kappa shape index (κ2) is 2.56. The topological polar surface area (TPSA) is 80.0 Å². The molecule has 12 heavy (non-hydrogen) atoms. The summed E-state index contributed by atoms with van der Waals surface area (Å²) in [6.07, 6.45) is 1.63. The van der Waals surface area contributed by atoms with Crippen molar-refractivity contribution in [1.82, 2.24) is 20.3 Å². The minimum Gasteiger partial charge on any atom is -0.480 e. The lowest BCUT2D eigenvalue weighted by molar-refractivity contribution is -0.140. The molecule has 2 rings (SSSR count). The number of carbonyl (C=O) groups is 1. The molecule has 0 fully saturated rings. The lowest BCUT2D eigenvalue weighted by Crippen LogP contribution is -2.44. The highest BCUT2D eigenvalue weighted by atomic mass is 16.4. The number of nitrogens with one attached hydrogen (secondary N) is 1. The minimum atomic E-state index is -0.851. The van der Waals surface area contributed by atoms with Gasteiger partial charge in [0.2, 0.25) is 0 Å². The van der Waals surface area contributed by atoms with Crippen molar-refractivity contribution in [1.29, 1.82) is 0 Å². The zero-order chi connectivity index (χ0) is 8.55. The molecule has 0 spiro atoms. The normalized spacial score (nSPS) is 21.8. The Balaban J connectivity index is 2.20. The maximum Gasteiger partial charge on any atom is 0.322 e. The van der Waals surface area contributed by atoms with Crippen molar-refractivity contribution in [2.24, 2.45) is 0 Å². The van der Waals surface area contributed by atoms with Crippen LogP contribution in [0.1, 0.15) is 5.69 Å². The molecule has 0 aliphatic carbocycles. The van der Waals surface area contributed by atoms with Gasteiger partial charge < -0.3 is 5.11 Å². The van der Waals surface area contributed by atoms with E-state index in [1.54, 1.807) is 10.9 Å². The summed E-state index contributed by atoms with van der Waals surface area (Å²) < 4.78 is 1.61. The van der Waals surface area contributed by atoms with E-state index >= 15 is 0 Å².